The minimum Gasteiger partial charge on any atom is -0.493 e. The molecule has 0 bridgehead atoms. The number of benzene rings is 2. The zero-order valence-corrected chi connectivity index (χ0v) is 18.7. The number of esters is 1. The summed E-state index contributed by atoms with van der Waals surface area (Å²) in [7, 11) is 4.49. The lowest BCUT2D eigenvalue weighted by Crippen LogP contribution is -2.36. The van der Waals surface area contributed by atoms with E-state index in [2.05, 4.69) is 17.4 Å². The number of carbonyl (C=O) groups is 2. The first-order chi connectivity index (χ1) is 15.5. The van der Waals surface area contributed by atoms with E-state index in [1.165, 1.54) is 7.11 Å². The average Bonchev–Trinajstić information content (AvgIpc) is 2.82. The third kappa shape index (κ3) is 3.77. The van der Waals surface area contributed by atoms with E-state index in [0.717, 1.165) is 16.8 Å². The molecule has 0 radical (unpaired) electrons. The van der Waals surface area contributed by atoms with E-state index in [1.807, 2.05) is 37.3 Å². The lowest BCUT2D eigenvalue weighted by molar-refractivity contribution is -0.136. The number of carbonyl (C=O) groups excluding carboxylic acids is 2. The standard InChI is InChI=1S/C26H27NO5/c1-15-23(26(29)32-4)24(17-10-11-21(30-2)22(14-17)31-3)25-19(27-15)12-18(13-20(25)28)16-8-6-5-7-9-16/h5-11,14,18,24,27H,12-13H2,1-4H3. The maximum absolute atomic E-state index is 13.5. The predicted octanol–water partition coefficient (Wildman–Crippen LogP) is 4.24. The Labute approximate surface area is 187 Å². The Morgan fingerprint density at radius 3 is 2.31 bits per heavy atom. The summed E-state index contributed by atoms with van der Waals surface area (Å²) in [4.78, 5) is 26.3. The topological polar surface area (TPSA) is 73.9 Å². The second-order valence-corrected chi connectivity index (χ2v) is 8.03. The Kier molecular flexibility index (Phi) is 6.04. The van der Waals surface area contributed by atoms with Gasteiger partial charge in [-0.2, -0.15) is 0 Å². The number of ketones is 1. The number of Topliss-reactive ketones (excluding diaryl/α,β-unsaturated/α-hetero) is 1. The number of allylic oxidation sites excluding steroid dienone is 3. The van der Waals surface area contributed by atoms with Crippen molar-refractivity contribution in [3.8, 4) is 11.5 Å². The van der Waals surface area contributed by atoms with E-state index in [0.29, 0.717) is 41.2 Å². The van der Waals surface area contributed by atoms with Gasteiger partial charge in [-0.25, -0.2) is 4.79 Å². The van der Waals surface area contributed by atoms with E-state index in [1.54, 1.807) is 20.3 Å². The molecule has 166 valence electrons. The highest BCUT2D eigenvalue weighted by Crippen LogP contribution is 2.46. The van der Waals surface area contributed by atoms with Crippen LogP contribution in [0.5, 0.6) is 11.5 Å². The van der Waals surface area contributed by atoms with Crippen LogP contribution in [0.25, 0.3) is 0 Å². The van der Waals surface area contributed by atoms with Crippen molar-refractivity contribution in [2.75, 3.05) is 21.3 Å². The van der Waals surface area contributed by atoms with Gasteiger partial charge in [0.05, 0.1) is 26.9 Å². The Morgan fingerprint density at radius 2 is 1.66 bits per heavy atom. The maximum Gasteiger partial charge on any atom is 0.336 e. The molecule has 0 amide bonds. The van der Waals surface area contributed by atoms with Crippen LogP contribution in [0.3, 0.4) is 0 Å². The van der Waals surface area contributed by atoms with Gasteiger partial charge in [0.15, 0.2) is 17.3 Å². The van der Waals surface area contributed by atoms with Gasteiger partial charge in [-0.15, -0.1) is 0 Å². The minimum atomic E-state index is -0.539. The highest BCUT2D eigenvalue weighted by molar-refractivity contribution is 6.04. The molecule has 0 fully saturated rings. The predicted molar refractivity (Wildman–Crippen MR) is 121 cm³/mol. The minimum absolute atomic E-state index is 0.0290. The zero-order valence-electron chi connectivity index (χ0n) is 18.7. The average molecular weight is 434 g/mol. The molecule has 1 aliphatic heterocycles. The maximum atomic E-state index is 13.5. The fourth-order valence-electron chi connectivity index (χ4n) is 4.75. The molecular formula is C26H27NO5. The number of ether oxygens (including phenoxy) is 3. The first-order valence-electron chi connectivity index (χ1n) is 10.6. The molecule has 6 heteroatoms. The molecule has 0 spiro atoms. The summed E-state index contributed by atoms with van der Waals surface area (Å²) >= 11 is 0. The van der Waals surface area contributed by atoms with Gasteiger partial charge in [-0.1, -0.05) is 36.4 Å². The summed E-state index contributed by atoms with van der Waals surface area (Å²) < 4.78 is 15.9. The van der Waals surface area contributed by atoms with Crippen molar-refractivity contribution in [3.63, 3.8) is 0 Å². The molecule has 32 heavy (non-hydrogen) atoms. The smallest absolute Gasteiger partial charge is 0.336 e. The molecule has 2 atom stereocenters. The van der Waals surface area contributed by atoms with E-state index < -0.39 is 11.9 Å². The second kappa shape index (κ2) is 8.91. The molecule has 1 aliphatic carbocycles. The van der Waals surface area contributed by atoms with Gasteiger partial charge >= 0.3 is 5.97 Å². The fourth-order valence-corrected chi connectivity index (χ4v) is 4.75. The molecular weight excluding hydrogens is 406 g/mol. The lowest BCUT2D eigenvalue weighted by Gasteiger charge is -2.36. The largest absolute Gasteiger partial charge is 0.493 e. The quantitative estimate of drug-likeness (QED) is 0.711. The van der Waals surface area contributed by atoms with Gasteiger partial charge in [0.25, 0.3) is 0 Å². The molecule has 2 aromatic carbocycles. The second-order valence-electron chi connectivity index (χ2n) is 8.03. The summed E-state index contributed by atoms with van der Waals surface area (Å²) in [6, 6.07) is 15.6. The first-order valence-corrected chi connectivity index (χ1v) is 10.6. The Hall–Kier alpha value is -3.54. The molecule has 4 rings (SSSR count). The van der Waals surface area contributed by atoms with Crippen LogP contribution in [0.2, 0.25) is 0 Å². The normalized spacial score (nSPS) is 20.4. The van der Waals surface area contributed by atoms with Crippen molar-refractivity contribution in [3.05, 3.63) is 82.2 Å². The van der Waals surface area contributed by atoms with E-state index in [4.69, 9.17) is 14.2 Å². The summed E-state index contributed by atoms with van der Waals surface area (Å²) in [6.07, 6.45) is 1.09. The Balaban J connectivity index is 1.84. The summed E-state index contributed by atoms with van der Waals surface area (Å²) in [5, 5.41) is 3.35. The number of nitrogens with one attached hydrogen (secondary N) is 1. The van der Waals surface area contributed by atoms with Crippen LogP contribution in [-0.2, 0) is 14.3 Å². The first kappa shape index (κ1) is 21.7. The van der Waals surface area contributed by atoms with Crippen molar-refractivity contribution in [1.29, 1.82) is 0 Å². The Morgan fingerprint density at radius 1 is 0.938 bits per heavy atom. The summed E-state index contributed by atoms with van der Waals surface area (Å²) in [6.45, 7) is 1.85. The van der Waals surface area contributed by atoms with Crippen LogP contribution in [0.4, 0.5) is 0 Å². The number of dihydropyridines is 1. The molecule has 0 saturated carbocycles. The molecule has 0 saturated heterocycles. The third-order valence-electron chi connectivity index (χ3n) is 6.24. The van der Waals surface area contributed by atoms with Crippen LogP contribution in [0, 0.1) is 0 Å². The molecule has 2 aromatic rings. The Bertz CT molecular complexity index is 1120. The number of hydrogen-bond acceptors (Lipinski definition) is 6. The summed E-state index contributed by atoms with van der Waals surface area (Å²) in [5.74, 6) is 0.244. The summed E-state index contributed by atoms with van der Waals surface area (Å²) in [5.41, 5.74) is 4.53. The van der Waals surface area contributed by atoms with Crippen LogP contribution in [0.15, 0.2) is 71.1 Å². The van der Waals surface area contributed by atoms with Crippen LogP contribution in [-0.4, -0.2) is 33.1 Å². The van der Waals surface area contributed by atoms with E-state index >= 15 is 0 Å². The molecule has 6 nitrogen and oxygen atoms in total. The lowest BCUT2D eigenvalue weighted by atomic mass is 9.71. The molecule has 1 N–H and O–H groups in total. The monoisotopic (exact) mass is 433 g/mol. The van der Waals surface area contributed by atoms with Gasteiger partial charge in [-0.05, 0) is 42.5 Å². The van der Waals surface area contributed by atoms with E-state index in [-0.39, 0.29) is 11.7 Å². The number of rotatable bonds is 5. The third-order valence-corrected chi connectivity index (χ3v) is 6.24. The molecule has 2 aliphatic rings. The van der Waals surface area contributed by atoms with Gasteiger partial charge in [-0.3, -0.25) is 4.79 Å². The van der Waals surface area contributed by atoms with Crippen LogP contribution in [0.1, 0.15) is 42.7 Å². The molecule has 1 heterocycles. The van der Waals surface area contributed by atoms with Crippen molar-refractivity contribution >= 4 is 11.8 Å². The number of methoxy groups -OCH3 is 3. The zero-order chi connectivity index (χ0) is 22.8. The van der Waals surface area contributed by atoms with Gasteiger partial charge in [0.2, 0.25) is 0 Å². The van der Waals surface area contributed by atoms with Crippen LogP contribution >= 0.6 is 0 Å². The number of hydrogen-bond donors (Lipinski definition) is 1. The van der Waals surface area contributed by atoms with Crippen molar-refractivity contribution in [2.45, 2.75) is 31.6 Å². The van der Waals surface area contributed by atoms with Crippen molar-refractivity contribution in [1.82, 2.24) is 5.32 Å². The molecule has 2 unspecified atom stereocenters. The van der Waals surface area contributed by atoms with Gasteiger partial charge < -0.3 is 19.5 Å². The van der Waals surface area contributed by atoms with Crippen molar-refractivity contribution < 1.29 is 23.8 Å². The van der Waals surface area contributed by atoms with Gasteiger partial charge in [0.1, 0.15) is 0 Å². The SMILES string of the molecule is COC(=O)C1=C(C)NC2=C(C(=O)CC(c3ccccc3)C2)C1c1ccc(OC)c(OC)c1. The highest BCUT2D eigenvalue weighted by Gasteiger charge is 2.41. The fraction of sp³-hybridized carbons (Fsp3) is 0.308. The highest BCUT2D eigenvalue weighted by atomic mass is 16.5. The van der Waals surface area contributed by atoms with Crippen molar-refractivity contribution in [2.24, 2.45) is 0 Å². The molecule has 0 aromatic heterocycles. The van der Waals surface area contributed by atoms with Gasteiger partial charge in [0, 0.05) is 29.3 Å². The van der Waals surface area contributed by atoms with E-state index in [9.17, 15) is 9.59 Å². The van der Waals surface area contributed by atoms with Crippen LogP contribution < -0.4 is 14.8 Å².